The van der Waals surface area contributed by atoms with Crippen LogP contribution >= 0.6 is 0 Å². The number of carbonyl (C=O) groups is 1. The highest BCUT2D eigenvalue weighted by atomic mass is 19.4. The van der Waals surface area contributed by atoms with E-state index in [1.807, 2.05) is 0 Å². The van der Waals surface area contributed by atoms with Gasteiger partial charge in [-0.15, -0.1) is 0 Å². The molecule has 0 fully saturated rings. The van der Waals surface area contributed by atoms with Crippen molar-refractivity contribution in [2.75, 3.05) is 0 Å². The molecule has 0 spiro atoms. The molecule has 0 aromatic rings. The summed E-state index contributed by atoms with van der Waals surface area (Å²) in [6.07, 6.45) is -15.3. The van der Waals surface area contributed by atoms with Crippen LogP contribution in [-0.2, 0) is 4.79 Å². The predicted molar refractivity (Wildman–Crippen MR) is 33.9 cm³/mol. The Morgan fingerprint density at radius 3 is 1.53 bits per heavy atom. The fraction of sp³-hybridized carbons (Fsp3) is 0.833. The molecule has 0 saturated heterocycles. The highest BCUT2D eigenvalue weighted by Crippen LogP contribution is 2.45. The van der Waals surface area contributed by atoms with E-state index in [2.05, 4.69) is 0 Å². The number of halogens is 6. The van der Waals surface area contributed by atoms with Crippen LogP contribution in [0.5, 0.6) is 0 Å². The molecule has 9 heteroatoms. The molecule has 0 heterocycles. The van der Waals surface area contributed by atoms with E-state index in [9.17, 15) is 31.1 Å². The van der Waals surface area contributed by atoms with Crippen molar-refractivity contribution in [2.45, 2.75) is 30.8 Å². The average molecular weight is 240 g/mol. The van der Waals surface area contributed by atoms with Crippen molar-refractivity contribution in [3.05, 3.63) is 0 Å². The van der Waals surface area contributed by atoms with Crippen LogP contribution in [0.1, 0.15) is 12.8 Å². The first kappa shape index (κ1) is 14.0. The van der Waals surface area contributed by atoms with E-state index < -0.39 is 36.8 Å². The van der Waals surface area contributed by atoms with E-state index in [1.54, 1.807) is 0 Å². The fourth-order valence-electron chi connectivity index (χ4n) is 0.732. The third-order valence-corrected chi connectivity index (χ3v) is 1.64. The summed E-state index contributed by atoms with van der Waals surface area (Å²) in [6.45, 7) is 0. The van der Waals surface area contributed by atoms with Crippen molar-refractivity contribution in [2.24, 2.45) is 0 Å². The molecule has 0 unspecified atom stereocenters. The summed E-state index contributed by atoms with van der Waals surface area (Å²) in [5.41, 5.74) is -4.97. The van der Waals surface area contributed by atoms with Crippen LogP contribution in [0, 0.1) is 0 Å². The maximum atomic E-state index is 11.9. The van der Waals surface area contributed by atoms with Crippen LogP contribution in [-0.4, -0.2) is 34.1 Å². The predicted octanol–water partition coefficient (Wildman–Crippen LogP) is 1.71. The Morgan fingerprint density at radius 1 is 1.00 bits per heavy atom. The van der Waals surface area contributed by atoms with Gasteiger partial charge in [-0.25, -0.2) is 0 Å². The van der Waals surface area contributed by atoms with Crippen LogP contribution in [0.25, 0.3) is 0 Å². The van der Waals surface area contributed by atoms with Crippen LogP contribution in [0.3, 0.4) is 0 Å². The summed E-state index contributed by atoms with van der Waals surface area (Å²) in [5, 5.41) is 16.4. The van der Waals surface area contributed by atoms with E-state index in [0.29, 0.717) is 0 Å². The number of hydrogen-bond acceptors (Lipinski definition) is 2. The lowest BCUT2D eigenvalue weighted by Crippen LogP contribution is -2.56. The molecular formula is C6H6F6O3. The van der Waals surface area contributed by atoms with Gasteiger partial charge in [-0.1, -0.05) is 0 Å². The number of aliphatic carboxylic acids is 1. The summed E-state index contributed by atoms with van der Waals surface area (Å²) in [5.74, 6) is -1.86. The topological polar surface area (TPSA) is 57.5 Å². The SMILES string of the molecule is O=C(O)CCC(O)(C(F)(F)F)C(F)(F)F. The smallest absolute Gasteiger partial charge is 0.426 e. The van der Waals surface area contributed by atoms with Gasteiger partial charge >= 0.3 is 18.3 Å². The Balaban J connectivity index is 4.98. The zero-order valence-electron chi connectivity index (χ0n) is 6.98. The van der Waals surface area contributed by atoms with Crippen LogP contribution < -0.4 is 0 Å². The molecule has 0 aliphatic heterocycles. The number of alkyl halides is 6. The minimum Gasteiger partial charge on any atom is -0.481 e. The number of rotatable bonds is 3. The minimum absolute atomic E-state index is 1.43. The second-order valence-electron chi connectivity index (χ2n) is 2.75. The van der Waals surface area contributed by atoms with Crippen LogP contribution in [0.4, 0.5) is 26.3 Å². The third kappa shape index (κ3) is 2.98. The zero-order chi connectivity index (χ0) is 12.5. The summed E-state index contributed by atoms with van der Waals surface area (Å²) in [7, 11) is 0. The van der Waals surface area contributed by atoms with Gasteiger partial charge in [-0.2, -0.15) is 26.3 Å². The third-order valence-electron chi connectivity index (χ3n) is 1.64. The molecule has 0 aliphatic carbocycles. The van der Waals surface area contributed by atoms with Gasteiger partial charge in [0.1, 0.15) is 0 Å². The molecule has 0 amide bonds. The van der Waals surface area contributed by atoms with Crippen molar-refractivity contribution in [1.29, 1.82) is 0 Å². The number of aliphatic hydroxyl groups is 1. The Hall–Kier alpha value is -0.990. The van der Waals surface area contributed by atoms with Gasteiger partial charge in [-0.3, -0.25) is 4.79 Å². The van der Waals surface area contributed by atoms with Gasteiger partial charge in [0.2, 0.25) is 0 Å². The molecule has 0 aromatic carbocycles. The van der Waals surface area contributed by atoms with Crippen LogP contribution in [0.2, 0.25) is 0 Å². The first-order valence-corrected chi connectivity index (χ1v) is 3.49. The van der Waals surface area contributed by atoms with E-state index in [-0.39, 0.29) is 0 Å². The average Bonchev–Trinajstić information content (AvgIpc) is 1.95. The number of carboxylic acids is 1. The Labute approximate surface area is 79.3 Å². The monoisotopic (exact) mass is 240 g/mol. The first-order chi connectivity index (χ1) is 6.42. The Bertz CT molecular complexity index is 228. The van der Waals surface area contributed by atoms with Crippen molar-refractivity contribution in [1.82, 2.24) is 0 Å². The second kappa shape index (κ2) is 3.87. The lowest BCUT2D eigenvalue weighted by atomic mass is 9.96. The van der Waals surface area contributed by atoms with E-state index in [4.69, 9.17) is 10.2 Å². The molecule has 2 N–H and O–H groups in total. The van der Waals surface area contributed by atoms with Crippen molar-refractivity contribution in [3.8, 4) is 0 Å². The van der Waals surface area contributed by atoms with Gasteiger partial charge < -0.3 is 10.2 Å². The number of hydrogen-bond donors (Lipinski definition) is 2. The van der Waals surface area contributed by atoms with Gasteiger partial charge in [-0.05, 0) is 0 Å². The number of carboxylic acid groups (broad SMARTS) is 1. The summed E-state index contributed by atoms with van der Waals surface area (Å²) in [6, 6.07) is 0. The quantitative estimate of drug-likeness (QED) is 0.738. The lowest BCUT2D eigenvalue weighted by molar-refractivity contribution is -0.369. The summed E-state index contributed by atoms with van der Waals surface area (Å²) in [4.78, 5) is 9.85. The zero-order valence-corrected chi connectivity index (χ0v) is 6.98. The normalized spacial score (nSPS) is 14.1. The summed E-state index contributed by atoms with van der Waals surface area (Å²) >= 11 is 0. The minimum atomic E-state index is -5.96. The molecule has 0 radical (unpaired) electrons. The maximum absolute atomic E-state index is 11.9. The maximum Gasteiger partial charge on any atom is 0.426 e. The van der Waals surface area contributed by atoms with Crippen molar-refractivity contribution >= 4 is 5.97 Å². The largest absolute Gasteiger partial charge is 0.481 e. The lowest BCUT2D eigenvalue weighted by Gasteiger charge is -2.31. The highest BCUT2D eigenvalue weighted by Gasteiger charge is 2.69. The molecule has 0 rings (SSSR count). The molecule has 0 atom stereocenters. The van der Waals surface area contributed by atoms with Crippen molar-refractivity contribution in [3.63, 3.8) is 0 Å². The molecule has 0 aromatic heterocycles. The van der Waals surface area contributed by atoms with E-state index in [0.717, 1.165) is 0 Å². The molecular weight excluding hydrogens is 234 g/mol. The Morgan fingerprint density at radius 2 is 1.33 bits per heavy atom. The fourth-order valence-corrected chi connectivity index (χ4v) is 0.732. The molecule has 90 valence electrons. The van der Waals surface area contributed by atoms with E-state index >= 15 is 0 Å². The highest BCUT2D eigenvalue weighted by molar-refractivity contribution is 5.66. The van der Waals surface area contributed by atoms with Crippen LogP contribution in [0.15, 0.2) is 0 Å². The molecule has 3 nitrogen and oxygen atoms in total. The van der Waals surface area contributed by atoms with Gasteiger partial charge in [0, 0.05) is 12.8 Å². The van der Waals surface area contributed by atoms with Gasteiger partial charge in [0.05, 0.1) is 0 Å². The molecule has 15 heavy (non-hydrogen) atoms. The van der Waals surface area contributed by atoms with Gasteiger partial charge in [0.15, 0.2) is 0 Å². The standard InChI is InChI=1S/C6H6F6O3/c7-5(8,9)4(15,6(10,11)12)2-1-3(13)14/h15H,1-2H2,(H,13,14). The molecule has 0 aliphatic rings. The first-order valence-electron chi connectivity index (χ1n) is 3.49. The van der Waals surface area contributed by atoms with Gasteiger partial charge in [0.25, 0.3) is 5.60 Å². The molecule has 0 saturated carbocycles. The van der Waals surface area contributed by atoms with E-state index in [1.165, 1.54) is 0 Å². The summed E-state index contributed by atoms with van der Waals surface area (Å²) < 4.78 is 71.3. The van der Waals surface area contributed by atoms with Crippen molar-refractivity contribution < 1.29 is 41.4 Å². The second-order valence-corrected chi connectivity index (χ2v) is 2.75. The molecule has 0 bridgehead atoms. The Kier molecular flexibility index (Phi) is 3.62.